The number of aliphatic hydroxyl groups excluding tert-OH is 1. The summed E-state index contributed by atoms with van der Waals surface area (Å²) in [6.45, 7) is 2.36. The predicted molar refractivity (Wildman–Crippen MR) is 100 cm³/mol. The van der Waals surface area contributed by atoms with E-state index in [0.29, 0.717) is 17.8 Å². The summed E-state index contributed by atoms with van der Waals surface area (Å²) in [5.74, 6) is -0.263. The van der Waals surface area contributed by atoms with E-state index in [4.69, 9.17) is 5.11 Å². The summed E-state index contributed by atoms with van der Waals surface area (Å²) in [6.07, 6.45) is 0. The fourth-order valence-electron chi connectivity index (χ4n) is 2.25. The average Bonchev–Trinajstić information content (AvgIpc) is 2.59. The van der Waals surface area contributed by atoms with Crippen molar-refractivity contribution in [2.75, 3.05) is 24.4 Å². The first-order valence-electron chi connectivity index (χ1n) is 7.66. The topological polar surface area (TPSA) is 86.7 Å². The van der Waals surface area contributed by atoms with Crippen molar-refractivity contribution in [3.8, 4) is 0 Å². The minimum Gasteiger partial charge on any atom is -0.395 e. The van der Waals surface area contributed by atoms with E-state index in [0.717, 1.165) is 4.47 Å². The molecule has 0 bridgehead atoms. The lowest BCUT2D eigenvalue weighted by atomic mass is 10.2. The van der Waals surface area contributed by atoms with Gasteiger partial charge in [0, 0.05) is 28.8 Å². The van der Waals surface area contributed by atoms with Crippen LogP contribution in [-0.2, 0) is 10.0 Å². The maximum absolute atomic E-state index is 12.4. The molecule has 0 saturated heterocycles. The molecular weight excluding hydrogens is 408 g/mol. The first-order chi connectivity index (χ1) is 11.9. The van der Waals surface area contributed by atoms with Gasteiger partial charge in [-0.15, -0.1) is 0 Å². The molecule has 25 heavy (non-hydrogen) atoms. The monoisotopic (exact) mass is 426 g/mol. The molecule has 2 aromatic carbocycles. The number of carbonyl (C=O) groups is 1. The Labute approximate surface area is 155 Å². The standard InChI is InChI=1S/C17H19BrN2O4S/c1-2-20(10-11-21)17(22)13-4-3-5-15(12-13)19-25(23,24)16-8-6-14(18)7-9-16/h3-9,12,19,21H,2,10-11H2,1H3. The van der Waals surface area contributed by atoms with Gasteiger partial charge in [0.25, 0.3) is 15.9 Å². The number of carbonyl (C=O) groups excluding carboxylic acids is 1. The summed E-state index contributed by atoms with van der Waals surface area (Å²) in [5, 5.41) is 9.03. The SMILES string of the molecule is CCN(CCO)C(=O)c1cccc(NS(=O)(=O)c2ccc(Br)cc2)c1. The highest BCUT2D eigenvalue weighted by Crippen LogP contribution is 2.20. The molecule has 0 aromatic heterocycles. The van der Waals surface area contributed by atoms with Crippen molar-refractivity contribution in [2.24, 2.45) is 0 Å². The summed E-state index contributed by atoms with van der Waals surface area (Å²) in [4.78, 5) is 14.0. The summed E-state index contributed by atoms with van der Waals surface area (Å²) in [6, 6.07) is 12.5. The molecule has 0 radical (unpaired) electrons. The Balaban J connectivity index is 2.24. The van der Waals surface area contributed by atoms with Crippen LogP contribution in [0, 0.1) is 0 Å². The number of amides is 1. The number of aliphatic hydroxyl groups is 1. The highest BCUT2D eigenvalue weighted by atomic mass is 79.9. The first kappa shape index (κ1) is 19.4. The molecule has 0 spiro atoms. The smallest absolute Gasteiger partial charge is 0.261 e. The maximum atomic E-state index is 12.4. The Morgan fingerprint density at radius 3 is 2.48 bits per heavy atom. The number of sulfonamides is 1. The van der Waals surface area contributed by atoms with Gasteiger partial charge in [-0.25, -0.2) is 8.42 Å². The molecule has 0 fully saturated rings. The minimum atomic E-state index is -3.74. The molecule has 0 aliphatic heterocycles. The van der Waals surface area contributed by atoms with E-state index < -0.39 is 10.0 Å². The number of hydrogen-bond acceptors (Lipinski definition) is 4. The molecular formula is C17H19BrN2O4S. The fourth-order valence-corrected chi connectivity index (χ4v) is 3.56. The summed E-state index contributed by atoms with van der Waals surface area (Å²) >= 11 is 3.26. The summed E-state index contributed by atoms with van der Waals surface area (Å²) in [7, 11) is -3.74. The van der Waals surface area contributed by atoms with Crippen LogP contribution in [-0.4, -0.2) is 44.0 Å². The van der Waals surface area contributed by atoms with E-state index in [1.165, 1.54) is 23.1 Å². The van der Waals surface area contributed by atoms with Crippen LogP contribution in [0.1, 0.15) is 17.3 Å². The molecule has 134 valence electrons. The molecule has 0 unspecified atom stereocenters. The Bertz CT molecular complexity index is 838. The third-order valence-corrected chi connectivity index (χ3v) is 5.45. The van der Waals surface area contributed by atoms with Crippen LogP contribution >= 0.6 is 15.9 Å². The largest absolute Gasteiger partial charge is 0.395 e. The number of nitrogens with one attached hydrogen (secondary N) is 1. The molecule has 8 heteroatoms. The zero-order valence-corrected chi connectivity index (χ0v) is 16.0. The highest BCUT2D eigenvalue weighted by Gasteiger charge is 2.17. The van der Waals surface area contributed by atoms with Crippen molar-refractivity contribution in [3.63, 3.8) is 0 Å². The molecule has 1 amide bonds. The normalized spacial score (nSPS) is 11.2. The number of anilines is 1. The van der Waals surface area contributed by atoms with E-state index >= 15 is 0 Å². The van der Waals surface area contributed by atoms with Gasteiger partial charge in [-0.3, -0.25) is 9.52 Å². The molecule has 2 N–H and O–H groups in total. The van der Waals surface area contributed by atoms with Crippen molar-refractivity contribution in [1.82, 2.24) is 4.90 Å². The van der Waals surface area contributed by atoms with Crippen molar-refractivity contribution in [3.05, 3.63) is 58.6 Å². The second-order valence-electron chi connectivity index (χ2n) is 5.25. The lowest BCUT2D eigenvalue weighted by molar-refractivity contribution is 0.0732. The van der Waals surface area contributed by atoms with Gasteiger partial charge < -0.3 is 10.0 Å². The van der Waals surface area contributed by atoms with Crippen LogP contribution in [0.4, 0.5) is 5.69 Å². The second kappa shape index (κ2) is 8.46. The van der Waals surface area contributed by atoms with Crippen molar-refractivity contribution in [2.45, 2.75) is 11.8 Å². The molecule has 0 aliphatic rings. The predicted octanol–water partition coefficient (Wildman–Crippen LogP) is 2.70. The van der Waals surface area contributed by atoms with Crippen LogP contribution in [0.15, 0.2) is 57.9 Å². The van der Waals surface area contributed by atoms with Crippen LogP contribution in [0.2, 0.25) is 0 Å². The van der Waals surface area contributed by atoms with Crippen LogP contribution < -0.4 is 4.72 Å². The summed E-state index contributed by atoms with van der Waals surface area (Å²) in [5.41, 5.74) is 0.653. The van der Waals surface area contributed by atoms with Gasteiger partial charge in [-0.2, -0.15) is 0 Å². The Kier molecular flexibility index (Phi) is 6.57. The lowest BCUT2D eigenvalue weighted by Gasteiger charge is -2.20. The Hall–Kier alpha value is -1.90. The number of rotatable bonds is 7. The van der Waals surface area contributed by atoms with Gasteiger partial charge in [0.2, 0.25) is 0 Å². The zero-order valence-electron chi connectivity index (χ0n) is 13.6. The number of benzene rings is 2. The van der Waals surface area contributed by atoms with Crippen LogP contribution in [0.5, 0.6) is 0 Å². The molecule has 0 heterocycles. The van der Waals surface area contributed by atoms with Crippen LogP contribution in [0.3, 0.4) is 0 Å². The number of likely N-dealkylation sites (N-methyl/N-ethyl adjacent to an activating group) is 1. The molecule has 6 nitrogen and oxygen atoms in total. The lowest BCUT2D eigenvalue weighted by Crippen LogP contribution is -2.33. The maximum Gasteiger partial charge on any atom is 0.261 e. The Morgan fingerprint density at radius 2 is 1.88 bits per heavy atom. The minimum absolute atomic E-state index is 0.128. The van der Waals surface area contributed by atoms with Crippen LogP contribution in [0.25, 0.3) is 0 Å². The van der Waals surface area contributed by atoms with Crippen molar-refractivity contribution >= 4 is 37.5 Å². The Morgan fingerprint density at radius 1 is 1.20 bits per heavy atom. The van der Waals surface area contributed by atoms with Gasteiger partial charge >= 0.3 is 0 Å². The van der Waals surface area contributed by atoms with Crippen molar-refractivity contribution in [1.29, 1.82) is 0 Å². The number of halogens is 1. The van der Waals surface area contributed by atoms with E-state index in [-0.39, 0.29) is 24.0 Å². The molecule has 2 rings (SSSR count). The number of hydrogen-bond donors (Lipinski definition) is 2. The van der Waals surface area contributed by atoms with E-state index in [2.05, 4.69) is 20.7 Å². The third kappa shape index (κ3) is 5.04. The average molecular weight is 427 g/mol. The summed E-state index contributed by atoms with van der Waals surface area (Å²) < 4.78 is 28.1. The van der Waals surface area contributed by atoms with E-state index in [1.54, 1.807) is 30.3 Å². The van der Waals surface area contributed by atoms with Gasteiger partial charge in [-0.1, -0.05) is 22.0 Å². The molecule has 0 aliphatic carbocycles. The van der Waals surface area contributed by atoms with Crippen molar-refractivity contribution < 1.29 is 18.3 Å². The van der Waals surface area contributed by atoms with Gasteiger partial charge in [0.05, 0.1) is 11.5 Å². The zero-order chi connectivity index (χ0) is 18.4. The molecule has 2 aromatic rings. The first-order valence-corrected chi connectivity index (χ1v) is 9.93. The highest BCUT2D eigenvalue weighted by molar-refractivity contribution is 9.10. The quantitative estimate of drug-likeness (QED) is 0.712. The fraction of sp³-hybridized carbons (Fsp3) is 0.235. The van der Waals surface area contributed by atoms with Gasteiger partial charge in [0.1, 0.15) is 0 Å². The number of nitrogens with zero attached hydrogens (tertiary/aromatic N) is 1. The third-order valence-electron chi connectivity index (χ3n) is 3.52. The van der Waals surface area contributed by atoms with E-state index in [9.17, 15) is 13.2 Å². The van der Waals surface area contributed by atoms with Gasteiger partial charge in [0.15, 0.2) is 0 Å². The second-order valence-corrected chi connectivity index (χ2v) is 7.85. The molecule has 0 atom stereocenters. The van der Waals surface area contributed by atoms with E-state index in [1.807, 2.05) is 6.92 Å². The molecule has 0 saturated carbocycles. The van der Waals surface area contributed by atoms with Gasteiger partial charge in [-0.05, 0) is 49.4 Å².